The van der Waals surface area contributed by atoms with Crippen molar-refractivity contribution >= 4 is 12.3 Å². The quantitative estimate of drug-likeness (QED) is 0.624. The molecule has 0 saturated carbocycles. The molecular formula is C12H17N2O2+. The molecule has 4 heteroatoms. The van der Waals surface area contributed by atoms with E-state index in [1.807, 2.05) is 32.3 Å². The number of aliphatic imine (C=N–C) groups is 1. The fourth-order valence-electron chi connectivity index (χ4n) is 1.48. The molecule has 0 heterocycles. The van der Waals surface area contributed by atoms with E-state index >= 15 is 0 Å². The summed E-state index contributed by atoms with van der Waals surface area (Å²) in [6.07, 6.45) is 0.311. The summed E-state index contributed by atoms with van der Waals surface area (Å²) in [7, 11) is 4.09. The Morgan fingerprint density at radius 1 is 1.38 bits per heavy atom. The predicted octanol–water partition coefficient (Wildman–Crippen LogP) is 2.01. The maximum Gasteiger partial charge on any atom is 0.430 e. The molecule has 1 amide bonds. The van der Waals surface area contributed by atoms with Crippen LogP contribution in [0.15, 0.2) is 35.3 Å². The largest absolute Gasteiger partial charge is 0.463 e. The molecule has 1 N–H and O–H groups in total. The van der Waals surface area contributed by atoms with Crippen LogP contribution in [0.1, 0.15) is 5.56 Å². The van der Waals surface area contributed by atoms with Crippen molar-refractivity contribution in [3.05, 3.63) is 35.9 Å². The minimum Gasteiger partial charge on any atom is -0.463 e. The standard InChI is InChI=1S/C12H16N2O2/c1-14(2,9-8-13-12(15)16)10-11-6-4-3-5-7-11/h3-8H,9-10H2,1-2H3/p+1. The van der Waals surface area contributed by atoms with E-state index in [-0.39, 0.29) is 0 Å². The molecule has 0 aromatic heterocycles. The molecule has 1 aromatic rings. The van der Waals surface area contributed by atoms with Crippen LogP contribution in [-0.2, 0) is 6.54 Å². The summed E-state index contributed by atoms with van der Waals surface area (Å²) in [5, 5.41) is 8.40. The van der Waals surface area contributed by atoms with Crippen LogP contribution in [0, 0.1) is 0 Å². The monoisotopic (exact) mass is 221 g/mol. The van der Waals surface area contributed by atoms with Gasteiger partial charge in [-0.25, -0.2) is 4.79 Å². The normalized spacial score (nSPS) is 11.9. The molecule has 0 unspecified atom stereocenters. The van der Waals surface area contributed by atoms with Gasteiger partial charge in [-0.1, -0.05) is 30.3 Å². The molecule has 0 fully saturated rings. The van der Waals surface area contributed by atoms with Crippen LogP contribution in [0.25, 0.3) is 0 Å². The van der Waals surface area contributed by atoms with Crippen LogP contribution in [0.4, 0.5) is 4.79 Å². The molecular weight excluding hydrogens is 204 g/mol. The Morgan fingerprint density at radius 3 is 2.56 bits per heavy atom. The Morgan fingerprint density at radius 2 is 2.00 bits per heavy atom. The zero-order chi connectivity index (χ0) is 12.0. The lowest BCUT2D eigenvalue weighted by Crippen LogP contribution is -2.40. The maximum atomic E-state index is 10.2. The molecule has 16 heavy (non-hydrogen) atoms. The number of hydrogen-bond acceptors (Lipinski definition) is 1. The van der Waals surface area contributed by atoms with Gasteiger partial charge in [0.1, 0.15) is 13.1 Å². The Bertz CT molecular complexity index is 372. The van der Waals surface area contributed by atoms with Gasteiger partial charge in [-0.2, -0.15) is 4.99 Å². The van der Waals surface area contributed by atoms with Gasteiger partial charge >= 0.3 is 6.09 Å². The Labute approximate surface area is 95.4 Å². The van der Waals surface area contributed by atoms with Gasteiger partial charge in [-0.15, -0.1) is 0 Å². The highest BCUT2D eigenvalue weighted by molar-refractivity contribution is 5.78. The van der Waals surface area contributed by atoms with Crippen molar-refractivity contribution in [1.29, 1.82) is 0 Å². The third kappa shape index (κ3) is 4.70. The predicted molar refractivity (Wildman–Crippen MR) is 63.6 cm³/mol. The summed E-state index contributed by atoms with van der Waals surface area (Å²) in [6.45, 7) is 1.45. The number of rotatable bonds is 4. The van der Waals surface area contributed by atoms with Crippen molar-refractivity contribution in [2.75, 3.05) is 20.6 Å². The first-order valence-corrected chi connectivity index (χ1v) is 5.11. The Balaban J connectivity index is 2.55. The molecule has 0 aliphatic heterocycles. The van der Waals surface area contributed by atoms with Gasteiger partial charge in [0, 0.05) is 5.56 Å². The van der Waals surface area contributed by atoms with E-state index in [1.165, 1.54) is 11.8 Å². The summed E-state index contributed by atoms with van der Waals surface area (Å²) < 4.78 is 0.681. The summed E-state index contributed by atoms with van der Waals surface area (Å²) in [4.78, 5) is 13.6. The highest BCUT2D eigenvalue weighted by Crippen LogP contribution is 2.07. The zero-order valence-electron chi connectivity index (χ0n) is 9.63. The smallest absolute Gasteiger partial charge is 0.430 e. The summed E-state index contributed by atoms with van der Waals surface area (Å²) >= 11 is 0. The fraction of sp³-hybridized carbons (Fsp3) is 0.333. The first-order valence-electron chi connectivity index (χ1n) is 5.11. The third-order valence-corrected chi connectivity index (χ3v) is 2.23. The highest BCUT2D eigenvalue weighted by Gasteiger charge is 2.13. The number of carbonyl (C=O) groups is 1. The Hall–Kier alpha value is -1.68. The number of carboxylic acid groups (broad SMARTS) is 1. The first kappa shape index (κ1) is 12.4. The molecule has 0 aliphatic carbocycles. The molecule has 1 aromatic carbocycles. The van der Waals surface area contributed by atoms with Gasteiger partial charge in [-0.3, -0.25) is 0 Å². The van der Waals surface area contributed by atoms with Crippen molar-refractivity contribution in [3.63, 3.8) is 0 Å². The Kier molecular flexibility index (Phi) is 4.19. The molecule has 0 saturated heterocycles. The van der Waals surface area contributed by atoms with Gasteiger partial charge in [0.25, 0.3) is 0 Å². The average Bonchev–Trinajstić information content (AvgIpc) is 2.17. The van der Waals surface area contributed by atoms with E-state index in [9.17, 15) is 4.79 Å². The first-order chi connectivity index (χ1) is 7.49. The minimum atomic E-state index is -1.14. The van der Waals surface area contributed by atoms with Gasteiger partial charge in [0.05, 0.1) is 20.3 Å². The van der Waals surface area contributed by atoms with E-state index in [2.05, 4.69) is 17.1 Å². The summed E-state index contributed by atoms with van der Waals surface area (Å²) in [5.41, 5.74) is 1.23. The van der Waals surface area contributed by atoms with E-state index in [0.717, 1.165) is 6.54 Å². The second-order valence-corrected chi connectivity index (χ2v) is 4.36. The van der Waals surface area contributed by atoms with E-state index in [0.29, 0.717) is 11.0 Å². The average molecular weight is 221 g/mol. The van der Waals surface area contributed by atoms with E-state index in [4.69, 9.17) is 5.11 Å². The van der Waals surface area contributed by atoms with Crippen molar-refractivity contribution in [2.24, 2.45) is 4.99 Å². The second kappa shape index (κ2) is 5.42. The molecule has 0 spiro atoms. The molecule has 0 atom stereocenters. The van der Waals surface area contributed by atoms with Crippen molar-refractivity contribution in [2.45, 2.75) is 6.54 Å². The van der Waals surface area contributed by atoms with Gasteiger partial charge in [0.2, 0.25) is 0 Å². The number of hydrogen-bond donors (Lipinski definition) is 1. The lowest BCUT2D eigenvalue weighted by Gasteiger charge is -2.28. The fourth-order valence-corrected chi connectivity index (χ4v) is 1.48. The number of amides is 1. The van der Waals surface area contributed by atoms with Gasteiger partial charge in [-0.05, 0) is 0 Å². The lowest BCUT2D eigenvalue weighted by atomic mass is 10.2. The molecule has 0 radical (unpaired) electrons. The van der Waals surface area contributed by atoms with Crippen molar-refractivity contribution < 1.29 is 14.4 Å². The van der Waals surface area contributed by atoms with Crippen LogP contribution in [0.2, 0.25) is 0 Å². The van der Waals surface area contributed by atoms with Gasteiger partial charge < -0.3 is 9.59 Å². The molecule has 0 aliphatic rings. The van der Waals surface area contributed by atoms with E-state index in [1.54, 1.807) is 0 Å². The van der Waals surface area contributed by atoms with Crippen molar-refractivity contribution in [1.82, 2.24) is 0 Å². The number of quaternary nitrogens is 1. The van der Waals surface area contributed by atoms with Crippen LogP contribution >= 0.6 is 0 Å². The van der Waals surface area contributed by atoms with Crippen LogP contribution in [0.5, 0.6) is 0 Å². The second-order valence-electron chi connectivity index (χ2n) is 4.36. The summed E-state index contributed by atoms with van der Waals surface area (Å²) in [6, 6.07) is 10.1. The van der Waals surface area contributed by atoms with Gasteiger partial charge in [0.15, 0.2) is 0 Å². The summed E-state index contributed by atoms with van der Waals surface area (Å²) in [5.74, 6) is 0. The molecule has 4 nitrogen and oxygen atoms in total. The number of nitrogens with zero attached hydrogens (tertiary/aromatic N) is 2. The molecule has 0 bridgehead atoms. The topological polar surface area (TPSA) is 49.7 Å². The number of benzene rings is 1. The molecule has 1 rings (SSSR count). The molecule has 86 valence electrons. The maximum absolute atomic E-state index is 10.2. The van der Waals surface area contributed by atoms with Crippen molar-refractivity contribution in [3.8, 4) is 0 Å². The highest BCUT2D eigenvalue weighted by atomic mass is 16.4. The van der Waals surface area contributed by atoms with Crippen LogP contribution in [0.3, 0.4) is 0 Å². The minimum absolute atomic E-state index is 0.598. The van der Waals surface area contributed by atoms with Crippen LogP contribution < -0.4 is 0 Å². The zero-order valence-corrected chi connectivity index (χ0v) is 9.63. The van der Waals surface area contributed by atoms with Crippen LogP contribution in [-0.4, -0.2) is 42.5 Å². The van der Waals surface area contributed by atoms with E-state index < -0.39 is 6.09 Å². The third-order valence-electron chi connectivity index (χ3n) is 2.23. The lowest BCUT2D eigenvalue weighted by molar-refractivity contribution is -0.894. The SMILES string of the molecule is C[N+](C)(CC=NC(=O)O)Cc1ccccc1.